The van der Waals surface area contributed by atoms with Crippen molar-refractivity contribution in [2.75, 3.05) is 38.5 Å². The van der Waals surface area contributed by atoms with E-state index in [1.54, 1.807) is 28.6 Å². The molecule has 0 atom stereocenters. The molecule has 134 valence electrons. The first-order valence-electron chi connectivity index (χ1n) is 8.23. The van der Waals surface area contributed by atoms with Gasteiger partial charge in [0.15, 0.2) is 0 Å². The second-order valence-electron chi connectivity index (χ2n) is 6.33. The SMILES string of the molecule is Cc1cc(C)nc(Nc2ccc(S(=O)(=O)N3CCN(C)CC3)cc2)n1. The standard InChI is InChI=1S/C17H23N5O2S/c1-13-12-14(2)19-17(18-13)20-15-4-6-16(7-5-15)25(23,24)22-10-8-21(3)9-11-22/h4-7,12H,8-11H2,1-3H3,(H,18,19,20). The van der Waals surface area contributed by atoms with Gasteiger partial charge in [-0.1, -0.05) is 0 Å². The first-order chi connectivity index (χ1) is 11.8. The van der Waals surface area contributed by atoms with Gasteiger partial charge in [0, 0.05) is 43.3 Å². The van der Waals surface area contributed by atoms with E-state index < -0.39 is 10.0 Å². The third kappa shape index (κ3) is 4.15. The van der Waals surface area contributed by atoms with Crippen molar-refractivity contribution in [3.63, 3.8) is 0 Å². The molecule has 2 aromatic rings. The van der Waals surface area contributed by atoms with Crippen molar-refractivity contribution in [1.82, 2.24) is 19.2 Å². The Labute approximate surface area is 148 Å². The van der Waals surface area contributed by atoms with Gasteiger partial charge in [-0.2, -0.15) is 4.31 Å². The molecule has 0 unspecified atom stereocenters. The van der Waals surface area contributed by atoms with Gasteiger partial charge in [-0.05, 0) is 51.2 Å². The summed E-state index contributed by atoms with van der Waals surface area (Å²) in [6, 6.07) is 8.63. The van der Waals surface area contributed by atoms with Crippen LogP contribution in [-0.4, -0.2) is 60.8 Å². The van der Waals surface area contributed by atoms with Gasteiger partial charge in [0.1, 0.15) is 0 Å². The first kappa shape index (κ1) is 17.8. The lowest BCUT2D eigenvalue weighted by Crippen LogP contribution is -2.46. The molecule has 7 nitrogen and oxygen atoms in total. The number of anilines is 2. The lowest BCUT2D eigenvalue weighted by atomic mass is 10.3. The van der Waals surface area contributed by atoms with Crippen LogP contribution in [0.4, 0.5) is 11.6 Å². The molecule has 1 aliphatic heterocycles. The predicted octanol–water partition coefficient (Wildman–Crippen LogP) is 1.77. The van der Waals surface area contributed by atoms with Crippen molar-refractivity contribution in [3.05, 3.63) is 41.7 Å². The lowest BCUT2D eigenvalue weighted by Gasteiger charge is -2.31. The fourth-order valence-corrected chi connectivity index (χ4v) is 4.22. The van der Waals surface area contributed by atoms with E-state index in [1.807, 2.05) is 27.0 Å². The Kier molecular flexibility index (Phi) is 5.03. The first-order valence-corrected chi connectivity index (χ1v) is 9.67. The quantitative estimate of drug-likeness (QED) is 0.894. The molecule has 1 fully saturated rings. The van der Waals surface area contributed by atoms with Gasteiger partial charge in [0.25, 0.3) is 0 Å². The van der Waals surface area contributed by atoms with Gasteiger partial charge in [0.2, 0.25) is 16.0 Å². The summed E-state index contributed by atoms with van der Waals surface area (Å²) in [6.07, 6.45) is 0. The third-order valence-corrected chi connectivity index (χ3v) is 6.11. The van der Waals surface area contributed by atoms with Crippen LogP contribution in [0.15, 0.2) is 35.2 Å². The number of rotatable bonds is 4. The molecule has 0 radical (unpaired) electrons. The second kappa shape index (κ2) is 7.07. The molecule has 0 saturated carbocycles. The zero-order valence-corrected chi connectivity index (χ0v) is 15.5. The Morgan fingerprint density at radius 1 is 0.960 bits per heavy atom. The minimum atomic E-state index is -3.44. The van der Waals surface area contributed by atoms with Crippen LogP contribution >= 0.6 is 0 Å². The average Bonchev–Trinajstić information content (AvgIpc) is 2.55. The van der Waals surface area contributed by atoms with Crippen LogP contribution in [0.1, 0.15) is 11.4 Å². The molecule has 8 heteroatoms. The van der Waals surface area contributed by atoms with Crippen LogP contribution in [0.25, 0.3) is 0 Å². The number of nitrogens with zero attached hydrogens (tertiary/aromatic N) is 4. The number of aryl methyl sites for hydroxylation is 2. The van der Waals surface area contributed by atoms with Crippen molar-refractivity contribution < 1.29 is 8.42 Å². The monoisotopic (exact) mass is 361 g/mol. The summed E-state index contributed by atoms with van der Waals surface area (Å²) in [5.74, 6) is 0.507. The van der Waals surface area contributed by atoms with Crippen LogP contribution in [0.2, 0.25) is 0 Å². The van der Waals surface area contributed by atoms with E-state index in [0.717, 1.165) is 30.2 Å². The van der Waals surface area contributed by atoms with Crippen LogP contribution in [0, 0.1) is 13.8 Å². The Morgan fingerprint density at radius 2 is 1.52 bits per heavy atom. The molecule has 1 aromatic heterocycles. The number of sulfonamides is 1. The van der Waals surface area contributed by atoms with Crippen LogP contribution < -0.4 is 5.32 Å². The van der Waals surface area contributed by atoms with Gasteiger partial charge >= 0.3 is 0 Å². The fraction of sp³-hybridized carbons (Fsp3) is 0.412. The Balaban J connectivity index is 1.75. The maximum atomic E-state index is 12.7. The smallest absolute Gasteiger partial charge is 0.243 e. The molecule has 25 heavy (non-hydrogen) atoms. The van der Waals surface area contributed by atoms with Crippen molar-refractivity contribution in [2.45, 2.75) is 18.7 Å². The Hall–Kier alpha value is -2.03. The highest BCUT2D eigenvalue weighted by Crippen LogP contribution is 2.21. The number of piperazine rings is 1. The van der Waals surface area contributed by atoms with Crippen molar-refractivity contribution in [2.24, 2.45) is 0 Å². The summed E-state index contributed by atoms with van der Waals surface area (Å²) < 4.78 is 27.0. The highest BCUT2D eigenvalue weighted by atomic mass is 32.2. The maximum Gasteiger partial charge on any atom is 0.243 e. The Bertz CT molecular complexity index is 824. The van der Waals surface area contributed by atoms with E-state index >= 15 is 0 Å². The van der Waals surface area contributed by atoms with Crippen LogP contribution in [0.3, 0.4) is 0 Å². The third-order valence-electron chi connectivity index (χ3n) is 4.19. The number of benzene rings is 1. The average molecular weight is 361 g/mol. The zero-order valence-electron chi connectivity index (χ0n) is 14.7. The van der Waals surface area contributed by atoms with Gasteiger partial charge < -0.3 is 10.2 Å². The molecule has 1 aliphatic rings. The Morgan fingerprint density at radius 3 is 2.08 bits per heavy atom. The summed E-state index contributed by atoms with van der Waals surface area (Å²) in [5.41, 5.74) is 2.51. The molecule has 1 saturated heterocycles. The summed E-state index contributed by atoms with van der Waals surface area (Å²) in [7, 11) is -1.44. The van der Waals surface area contributed by atoms with Crippen molar-refractivity contribution >= 4 is 21.7 Å². The highest BCUT2D eigenvalue weighted by molar-refractivity contribution is 7.89. The van der Waals surface area contributed by atoms with E-state index in [9.17, 15) is 8.42 Å². The number of hydrogen-bond donors (Lipinski definition) is 1. The predicted molar refractivity (Wildman–Crippen MR) is 97.5 cm³/mol. The van der Waals surface area contributed by atoms with E-state index in [2.05, 4.69) is 20.2 Å². The molecular formula is C17H23N5O2S. The van der Waals surface area contributed by atoms with Crippen molar-refractivity contribution in [1.29, 1.82) is 0 Å². The molecule has 3 rings (SSSR count). The van der Waals surface area contributed by atoms with E-state index in [0.29, 0.717) is 23.9 Å². The van der Waals surface area contributed by atoms with Gasteiger partial charge in [-0.15, -0.1) is 0 Å². The van der Waals surface area contributed by atoms with E-state index in [4.69, 9.17) is 0 Å². The molecule has 1 N–H and O–H groups in total. The van der Waals surface area contributed by atoms with E-state index in [1.165, 1.54) is 0 Å². The second-order valence-corrected chi connectivity index (χ2v) is 8.27. The minimum absolute atomic E-state index is 0.309. The topological polar surface area (TPSA) is 78.4 Å². The number of hydrogen-bond acceptors (Lipinski definition) is 6. The highest BCUT2D eigenvalue weighted by Gasteiger charge is 2.27. The maximum absolute atomic E-state index is 12.7. The van der Waals surface area contributed by atoms with E-state index in [-0.39, 0.29) is 0 Å². The summed E-state index contributed by atoms with van der Waals surface area (Å²) in [6.45, 7) is 6.37. The number of likely N-dealkylation sites (N-methyl/N-ethyl adjacent to an activating group) is 1. The molecule has 0 amide bonds. The summed E-state index contributed by atoms with van der Waals surface area (Å²) >= 11 is 0. The van der Waals surface area contributed by atoms with Crippen molar-refractivity contribution in [3.8, 4) is 0 Å². The van der Waals surface area contributed by atoms with Gasteiger partial charge in [-0.25, -0.2) is 18.4 Å². The normalized spacial score (nSPS) is 16.8. The molecule has 0 spiro atoms. The summed E-state index contributed by atoms with van der Waals surface area (Å²) in [4.78, 5) is 11.1. The van der Waals surface area contributed by atoms with Gasteiger partial charge in [-0.3, -0.25) is 0 Å². The molecule has 0 bridgehead atoms. The number of nitrogens with one attached hydrogen (secondary N) is 1. The van der Waals surface area contributed by atoms with Gasteiger partial charge in [0.05, 0.1) is 4.90 Å². The lowest BCUT2D eigenvalue weighted by molar-refractivity contribution is 0.222. The molecule has 2 heterocycles. The largest absolute Gasteiger partial charge is 0.324 e. The molecule has 0 aliphatic carbocycles. The fourth-order valence-electron chi connectivity index (χ4n) is 2.80. The molecule has 1 aromatic carbocycles. The van der Waals surface area contributed by atoms with Crippen LogP contribution in [0.5, 0.6) is 0 Å². The summed E-state index contributed by atoms with van der Waals surface area (Å²) in [5, 5.41) is 3.11. The number of aromatic nitrogens is 2. The van der Waals surface area contributed by atoms with Crippen LogP contribution in [-0.2, 0) is 10.0 Å². The molecular weight excluding hydrogens is 338 g/mol. The minimum Gasteiger partial charge on any atom is -0.324 e. The zero-order chi connectivity index (χ0) is 18.0.